The Kier molecular flexibility index (Phi) is 7.42. The number of nitrogens with one attached hydrogen (secondary N) is 2. The molecule has 0 bridgehead atoms. The van der Waals surface area contributed by atoms with Crippen LogP contribution < -0.4 is 15.4 Å². The molecule has 2 aliphatic heterocycles. The van der Waals surface area contributed by atoms with Gasteiger partial charge in [0.15, 0.2) is 0 Å². The monoisotopic (exact) mass is 404 g/mol. The molecule has 0 radical (unpaired) electrons. The van der Waals surface area contributed by atoms with Crippen molar-refractivity contribution in [3.8, 4) is 5.75 Å². The molecule has 2 aliphatic rings. The molecule has 0 saturated carbocycles. The summed E-state index contributed by atoms with van der Waals surface area (Å²) in [7, 11) is 1.55. The van der Waals surface area contributed by atoms with Gasteiger partial charge in [-0.25, -0.2) is 4.79 Å². The summed E-state index contributed by atoms with van der Waals surface area (Å²) in [5, 5.41) is 5.54. The smallest absolute Gasteiger partial charge is 0.325 e. The van der Waals surface area contributed by atoms with Crippen LogP contribution in [-0.4, -0.2) is 80.2 Å². The number of amides is 4. The minimum atomic E-state index is -0.679. The van der Waals surface area contributed by atoms with Crippen LogP contribution in [0, 0.1) is 0 Å². The summed E-state index contributed by atoms with van der Waals surface area (Å²) in [6.07, 6.45) is 0.457. The van der Waals surface area contributed by atoms with E-state index in [0.717, 1.165) is 38.4 Å². The van der Waals surface area contributed by atoms with Crippen LogP contribution in [0.25, 0.3) is 0 Å². The van der Waals surface area contributed by atoms with Crippen molar-refractivity contribution in [3.63, 3.8) is 0 Å². The number of benzene rings is 1. The van der Waals surface area contributed by atoms with Crippen LogP contribution in [0.3, 0.4) is 0 Å². The molecule has 0 aromatic heterocycles. The van der Waals surface area contributed by atoms with Gasteiger partial charge in [0.1, 0.15) is 11.8 Å². The summed E-state index contributed by atoms with van der Waals surface area (Å²) in [5.41, 5.74) is 0.750. The molecule has 2 fully saturated rings. The van der Waals surface area contributed by atoms with Crippen LogP contribution >= 0.6 is 0 Å². The van der Waals surface area contributed by atoms with Crippen molar-refractivity contribution < 1.29 is 23.9 Å². The van der Waals surface area contributed by atoms with Crippen LogP contribution in [0.15, 0.2) is 24.3 Å². The normalized spacial score (nSPS) is 19.9. The van der Waals surface area contributed by atoms with Crippen molar-refractivity contribution in [3.05, 3.63) is 29.8 Å². The highest BCUT2D eigenvalue weighted by Gasteiger charge is 2.38. The van der Waals surface area contributed by atoms with Gasteiger partial charge in [0.25, 0.3) is 5.91 Å². The van der Waals surface area contributed by atoms with Crippen molar-refractivity contribution >= 4 is 17.8 Å². The first-order valence-corrected chi connectivity index (χ1v) is 9.89. The van der Waals surface area contributed by atoms with Gasteiger partial charge >= 0.3 is 6.03 Å². The Morgan fingerprint density at radius 2 is 2.03 bits per heavy atom. The average Bonchev–Trinajstić information content (AvgIpc) is 3.01. The van der Waals surface area contributed by atoms with E-state index in [1.54, 1.807) is 13.2 Å². The number of methoxy groups -OCH3 is 1. The minimum Gasteiger partial charge on any atom is -0.496 e. The molecule has 0 spiro atoms. The predicted octanol–water partition coefficient (Wildman–Crippen LogP) is 0.344. The minimum absolute atomic E-state index is 0.122. The summed E-state index contributed by atoms with van der Waals surface area (Å²) < 4.78 is 10.6. The first-order valence-electron chi connectivity index (χ1n) is 9.89. The Hall–Kier alpha value is -2.65. The van der Waals surface area contributed by atoms with E-state index in [-0.39, 0.29) is 31.2 Å². The molecule has 2 heterocycles. The number of imide groups is 1. The molecule has 2 saturated heterocycles. The lowest BCUT2D eigenvalue weighted by molar-refractivity contribution is -0.128. The molecule has 1 aromatic rings. The number of rotatable bonds is 9. The highest BCUT2D eigenvalue weighted by molar-refractivity contribution is 6.04. The van der Waals surface area contributed by atoms with E-state index in [1.807, 2.05) is 18.2 Å². The fraction of sp³-hybridized carbons (Fsp3) is 0.550. The molecule has 0 unspecified atom stereocenters. The Morgan fingerprint density at radius 3 is 2.79 bits per heavy atom. The zero-order valence-corrected chi connectivity index (χ0v) is 16.7. The van der Waals surface area contributed by atoms with Gasteiger partial charge in [-0.15, -0.1) is 0 Å². The van der Waals surface area contributed by atoms with Gasteiger partial charge in [-0.2, -0.15) is 0 Å². The van der Waals surface area contributed by atoms with Gasteiger partial charge in [-0.1, -0.05) is 18.2 Å². The maximum atomic E-state index is 12.6. The molecule has 158 valence electrons. The van der Waals surface area contributed by atoms with Crippen LogP contribution in [0.2, 0.25) is 0 Å². The third-order valence-corrected chi connectivity index (χ3v) is 5.14. The van der Waals surface area contributed by atoms with Crippen molar-refractivity contribution in [2.45, 2.75) is 25.4 Å². The van der Waals surface area contributed by atoms with Crippen molar-refractivity contribution in [2.24, 2.45) is 0 Å². The highest BCUT2D eigenvalue weighted by Crippen LogP contribution is 2.22. The predicted molar refractivity (Wildman–Crippen MR) is 105 cm³/mol. The zero-order chi connectivity index (χ0) is 20.6. The molecule has 0 aliphatic carbocycles. The van der Waals surface area contributed by atoms with Gasteiger partial charge in [0, 0.05) is 38.2 Å². The van der Waals surface area contributed by atoms with Crippen molar-refractivity contribution in [1.82, 2.24) is 20.4 Å². The van der Waals surface area contributed by atoms with Crippen molar-refractivity contribution in [1.29, 1.82) is 0 Å². The first-order chi connectivity index (χ1) is 14.1. The third kappa shape index (κ3) is 5.68. The molecule has 1 atom stereocenters. The summed E-state index contributed by atoms with van der Waals surface area (Å²) in [6.45, 7) is 4.67. The summed E-state index contributed by atoms with van der Waals surface area (Å²) in [5.74, 6) is 0.182. The molecule has 29 heavy (non-hydrogen) atoms. The molecular formula is C20H28N4O5. The standard InChI is InChI=1S/C20H28N4O5/c1-28-17-5-3-2-4-15(17)14-24-19(26)16(22-20(24)27)6-7-18(25)21-8-9-23-10-12-29-13-11-23/h2-5,16H,6-14H2,1H3,(H,21,25)(H,22,27)/t16-/m0/s1. The number of carbonyl (C=O) groups is 3. The summed E-state index contributed by atoms with van der Waals surface area (Å²) in [6, 6.07) is 6.13. The van der Waals surface area contributed by atoms with Gasteiger partial charge in [0.05, 0.1) is 26.9 Å². The number of para-hydroxylation sites is 1. The summed E-state index contributed by atoms with van der Waals surface area (Å²) in [4.78, 5) is 40.3. The van der Waals surface area contributed by atoms with E-state index in [2.05, 4.69) is 15.5 Å². The fourth-order valence-corrected chi connectivity index (χ4v) is 3.47. The zero-order valence-electron chi connectivity index (χ0n) is 16.7. The quantitative estimate of drug-likeness (QED) is 0.576. The molecule has 9 nitrogen and oxygen atoms in total. The van der Waals surface area contributed by atoms with Crippen LogP contribution in [0.1, 0.15) is 18.4 Å². The first kappa shape index (κ1) is 21.1. The lowest BCUT2D eigenvalue weighted by Gasteiger charge is -2.26. The van der Waals surface area contributed by atoms with E-state index in [1.165, 1.54) is 4.90 Å². The molecule has 9 heteroatoms. The summed E-state index contributed by atoms with van der Waals surface area (Å²) >= 11 is 0. The second-order valence-electron chi connectivity index (χ2n) is 7.08. The topological polar surface area (TPSA) is 100 Å². The lowest BCUT2D eigenvalue weighted by Crippen LogP contribution is -2.41. The second kappa shape index (κ2) is 10.2. The molecule has 1 aromatic carbocycles. The molecule has 4 amide bonds. The third-order valence-electron chi connectivity index (χ3n) is 5.14. The van der Waals surface area contributed by atoms with Crippen molar-refractivity contribution in [2.75, 3.05) is 46.5 Å². The Labute approximate surface area is 170 Å². The Balaban J connectivity index is 1.42. The van der Waals surface area contributed by atoms with Crippen LogP contribution in [0.4, 0.5) is 4.79 Å². The SMILES string of the molecule is COc1ccccc1CN1C(=O)N[C@@H](CCC(=O)NCCN2CCOCC2)C1=O. The van der Waals surface area contributed by atoms with Crippen LogP contribution in [-0.2, 0) is 20.9 Å². The van der Waals surface area contributed by atoms with E-state index in [9.17, 15) is 14.4 Å². The maximum absolute atomic E-state index is 12.6. The molecular weight excluding hydrogens is 376 g/mol. The second-order valence-corrected chi connectivity index (χ2v) is 7.08. The largest absolute Gasteiger partial charge is 0.496 e. The number of ether oxygens (including phenoxy) is 2. The van der Waals surface area contributed by atoms with E-state index in [0.29, 0.717) is 12.3 Å². The van der Waals surface area contributed by atoms with E-state index < -0.39 is 12.1 Å². The van der Waals surface area contributed by atoms with Gasteiger partial charge in [0.2, 0.25) is 5.91 Å². The Bertz CT molecular complexity index is 735. The number of nitrogens with zero attached hydrogens (tertiary/aromatic N) is 2. The van der Waals surface area contributed by atoms with E-state index >= 15 is 0 Å². The molecule has 3 rings (SSSR count). The number of carbonyl (C=O) groups excluding carboxylic acids is 3. The Morgan fingerprint density at radius 1 is 1.28 bits per heavy atom. The number of hydrogen-bond acceptors (Lipinski definition) is 6. The molecule has 2 N–H and O–H groups in total. The maximum Gasteiger partial charge on any atom is 0.325 e. The fourth-order valence-electron chi connectivity index (χ4n) is 3.47. The lowest BCUT2D eigenvalue weighted by atomic mass is 10.1. The van der Waals surface area contributed by atoms with Gasteiger partial charge < -0.3 is 20.1 Å². The average molecular weight is 404 g/mol. The van der Waals surface area contributed by atoms with Crippen LogP contribution in [0.5, 0.6) is 5.75 Å². The number of urea groups is 1. The number of morpholine rings is 1. The van der Waals surface area contributed by atoms with E-state index in [4.69, 9.17) is 9.47 Å². The highest BCUT2D eigenvalue weighted by atomic mass is 16.5. The van der Waals surface area contributed by atoms with Gasteiger partial charge in [-0.05, 0) is 12.5 Å². The van der Waals surface area contributed by atoms with Gasteiger partial charge in [-0.3, -0.25) is 19.4 Å². The number of hydrogen-bond donors (Lipinski definition) is 2.